The van der Waals surface area contributed by atoms with Gasteiger partial charge in [0.1, 0.15) is 10.1 Å². The van der Waals surface area contributed by atoms with Crippen molar-refractivity contribution in [3.63, 3.8) is 0 Å². The average molecular weight is 525 g/mol. The molecule has 1 N–H and O–H groups in total. The zero-order chi connectivity index (χ0) is 24.3. The number of anilines is 2. The van der Waals surface area contributed by atoms with E-state index in [1.165, 1.54) is 57.8 Å². The van der Waals surface area contributed by atoms with Crippen LogP contribution in [0.2, 0.25) is 0 Å². The van der Waals surface area contributed by atoms with Crippen LogP contribution in [0.3, 0.4) is 0 Å². The molecule has 1 unspecified atom stereocenters. The molecule has 0 amide bonds. The standard InChI is InChI=1S/C28H42N2O3S.K/c1-2-3-4-5-6-7-8-9-10-11-12-18-23-28(34(31,32)33)29-26-21-16-17-22-27(26)30(28)24-25-19-14-13-15-20-25;/h13-17,19-22,29H,2-12,18,23-24H2,1H3,(H,31,32,33);/q;+1/p-1. The molecule has 0 spiro atoms. The number of hydrogen-bond acceptors (Lipinski definition) is 5. The molecule has 7 heteroatoms. The molecule has 1 aliphatic rings. The Morgan fingerprint density at radius 2 is 1.29 bits per heavy atom. The summed E-state index contributed by atoms with van der Waals surface area (Å²) in [7, 11) is -4.65. The van der Waals surface area contributed by atoms with E-state index < -0.39 is 15.1 Å². The summed E-state index contributed by atoms with van der Waals surface area (Å²) in [6.07, 6.45) is 14.7. The van der Waals surface area contributed by atoms with E-state index in [0.29, 0.717) is 18.7 Å². The zero-order valence-electron chi connectivity index (χ0n) is 21.7. The first-order valence-corrected chi connectivity index (χ1v) is 14.5. The van der Waals surface area contributed by atoms with Crippen molar-refractivity contribution in [1.29, 1.82) is 0 Å². The maximum absolute atomic E-state index is 12.7. The molecular formula is C28H41KN2O3S. The van der Waals surface area contributed by atoms with Crippen molar-refractivity contribution in [3.05, 3.63) is 60.2 Å². The molecule has 1 atom stereocenters. The molecule has 1 aliphatic heterocycles. The molecule has 0 aliphatic carbocycles. The minimum atomic E-state index is -4.65. The third-order valence-electron chi connectivity index (χ3n) is 6.93. The van der Waals surface area contributed by atoms with E-state index in [2.05, 4.69) is 12.2 Å². The molecule has 0 bridgehead atoms. The second-order valence-electron chi connectivity index (χ2n) is 9.59. The van der Waals surface area contributed by atoms with E-state index >= 15 is 0 Å². The first-order chi connectivity index (χ1) is 16.5. The summed E-state index contributed by atoms with van der Waals surface area (Å²) >= 11 is 0. The number of nitrogens with zero attached hydrogens (tertiary/aromatic N) is 1. The molecule has 2 aromatic carbocycles. The molecule has 3 rings (SSSR count). The summed E-state index contributed by atoms with van der Waals surface area (Å²) in [6.45, 7) is 2.61. The Hall–Kier alpha value is -0.414. The van der Waals surface area contributed by atoms with Gasteiger partial charge in [-0.15, -0.1) is 0 Å². The van der Waals surface area contributed by atoms with Gasteiger partial charge in [0.15, 0.2) is 0 Å². The summed E-state index contributed by atoms with van der Waals surface area (Å²) in [6, 6.07) is 17.2. The Morgan fingerprint density at radius 1 is 0.771 bits per heavy atom. The molecule has 35 heavy (non-hydrogen) atoms. The van der Waals surface area contributed by atoms with Crippen molar-refractivity contribution in [1.82, 2.24) is 0 Å². The van der Waals surface area contributed by atoms with Gasteiger partial charge in [0.25, 0.3) is 0 Å². The Balaban J connectivity index is 0.00000432. The Kier molecular flexibility index (Phi) is 13.9. The van der Waals surface area contributed by atoms with Crippen LogP contribution in [-0.4, -0.2) is 18.0 Å². The van der Waals surface area contributed by atoms with E-state index in [9.17, 15) is 13.0 Å². The first-order valence-electron chi connectivity index (χ1n) is 13.1. The van der Waals surface area contributed by atoms with E-state index in [1.807, 2.05) is 54.6 Å². The van der Waals surface area contributed by atoms with Gasteiger partial charge in [-0.2, -0.15) is 0 Å². The average Bonchev–Trinajstić information content (AvgIpc) is 3.15. The van der Waals surface area contributed by atoms with E-state index in [4.69, 9.17) is 0 Å². The SMILES string of the molecule is CCCCCCCCCCCCCCC1(S(=O)(=O)[O-])Nc2ccccc2N1Cc1ccccc1.[K+]. The minimum absolute atomic E-state index is 0. The fourth-order valence-electron chi connectivity index (χ4n) is 4.99. The number of nitrogens with one attached hydrogen (secondary N) is 1. The van der Waals surface area contributed by atoms with Crippen molar-refractivity contribution >= 4 is 21.5 Å². The van der Waals surface area contributed by atoms with Gasteiger partial charge in [-0.1, -0.05) is 120 Å². The number of rotatable bonds is 16. The van der Waals surface area contributed by atoms with Crippen LogP contribution in [0.25, 0.3) is 0 Å². The molecular weight excluding hydrogens is 483 g/mol. The summed E-state index contributed by atoms with van der Waals surface area (Å²) < 4.78 is 38.1. The molecule has 0 saturated carbocycles. The van der Waals surface area contributed by atoms with Gasteiger partial charge in [-0.3, -0.25) is 0 Å². The van der Waals surface area contributed by atoms with E-state index in [1.54, 1.807) is 4.90 Å². The van der Waals surface area contributed by atoms with Gasteiger partial charge in [0, 0.05) is 13.0 Å². The molecule has 5 nitrogen and oxygen atoms in total. The van der Waals surface area contributed by atoms with Crippen molar-refractivity contribution < 1.29 is 64.4 Å². The number of unbranched alkanes of at least 4 members (excludes halogenated alkanes) is 11. The zero-order valence-corrected chi connectivity index (χ0v) is 25.6. The van der Waals surface area contributed by atoms with Gasteiger partial charge in [0.05, 0.1) is 11.4 Å². The van der Waals surface area contributed by atoms with Crippen LogP contribution in [0.4, 0.5) is 11.4 Å². The predicted molar refractivity (Wildman–Crippen MR) is 141 cm³/mol. The van der Waals surface area contributed by atoms with Crippen LogP contribution in [0.1, 0.15) is 96.0 Å². The number of para-hydroxylation sites is 2. The number of hydrogen-bond donors (Lipinski definition) is 1. The smallest absolute Gasteiger partial charge is 0.745 e. The van der Waals surface area contributed by atoms with Gasteiger partial charge in [-0.25, -0.2) is 8.42 Å². The topological polar surface area (TPSA) is 72.5 Å². The maximum atomic E-state index is 12.7. The van der Waals surface area contributed by atoms with Crippen molar-refractivity contribution in [2.75, 3.05) is 10.2 Å². The van der Waals surface area contributed by atoms with Gasteiger partial charge < -0.3 is 14.8 Å². The number of fused-ring (bicyclic) bond motifs is 1. The van der Waals surface area contributed by atoms with Crippen LogP contribution in [-0.2, 0) is 16.7 Å². The summed E-state index contributed by atoms with van der Waals surface area (Å²) in [5, 5.41) is 3.12. The third kappa shape index (κ3) is 8.83. The molecule has 0 fully saturated rings. The van der Waals surface area contributed by atoms with Gasteiger partial charge >= 0.3 is 51.4 Å². The third-order valence-corrected chi connectivity index (χ3v) is 8.28. The van der Waals surface area contributed by atoms with Crippen LogP contribution >= 0.6 is 0 Å². The second kappa shape index (κ2) is 15.7. The normalized spacial score (nSPS) is 17.0. The second-order valence-corrected chi connectivity index (χ2v) is 11.2. The Morgan fingerprint density at radius 3 is 1.86 bits per heavy atom. The Bertz CT molecular complexity index is 971. The predicted octanol–water partition coefficient (Wildman–Crippen LogP) is 4.41. The molecule has 188 valence electrons. The quantitative estimate of drug-likeness (QED) is 0.200. The minimum Gasteiger partial charge on any atom is -0.745 e. The van der Waals surface area contributed by atoms with E-state index in [0.717, 1.165) is 24.1 Å². The maximum Gasteiger partial charge on any atom is 1.00 e. The van der Waals surface area contributed by atoms with Crippen LogP contribution in [0, 0.1) is 0 Å². The summed E-state index contributed by atoms with van der Waals surface area (Å²) in [5.74, 6) is 0. The molecule has 0 saturated heterocycles. The van der Waals surface area contributed by atoms with Crippen molar-refractivity contribution in [2.45, 2.75) is 102 Å². The van der Waals surface area contributed by atoms with Crippen LogP contribution < -0.4 is 61.6 Å². The molecule has 0 aromatic heterocycles. The largest absolute Gasteiger partial charge is 1.00 e. The van der Waals surface area contributed by atoms with Gasteiger partial charge in [-0.05, 0) is 24.1 Å². The van der Waals surface area contributed by atoms with Crippen LogP contribution in [0.5, 0.6) is 0 Å². The summed E-state index contributed by atoms with van der Waals surface area (Å²) in [5.41, 5.74) is 2.45. The van der Waals surface area contributed by atoms with Gasteiger partial charge in [0.2, 0.25) is 4.99 Å². The van der Waals surface area contributed by atoms with Crippen molar-refractivity contribution in [3.8, 4) is 0 Å². The number of benzene rings is 2. The molecule has 0 radical (unpaired) electrons. The monoisotopic (exact) mass is 524 g/mol. The fourth-order valence-corrected chi connectivity index (χ4v) is 6.05. The van der Waals surface area contributed by atoms with E-state index in [-0.39, 0.29) is 57.8 Å². The van der Waals surface area contributed by atoms with Crippen molar-refractivity contribution in [2.24, 2.45) is 0 Å². The Labute approximate surface area is 255 Å². The van der Waals surface area contributed by atoms with Crippen LogP contribution in [0.15, 0.2) is 54.6 Å². The summed E-state index contributed by atoms with van der Waals surface area (Å²) in [4.78, 5) is 0.115. The fraction of sp³-hybridized carbons (Fsp3) is 0.571. The molecule has 2 aromatic rings. The first kappa shape index (κ1) is 30.8. The molecule has 1 heterocycles.